The van der Waals surface area contributed by atoms with Crippen LogP contribution in [0.25, 0.3) is 10.9 Å². The summed E-state index contributed by atoms with van der Waals surface area (Å²) in [5, 5.41) is 18.3. The number of halogens is 1. The van der Waals surface area contributed by atoms with Gasteiger partial charge in [-0.15, -0.1) is 0 Å². The smallest absolute Gasteiger partial charge is 0.341 e. The van der Waals surface area contributed by atoms with E-state index in [-0.39, 0.29) is 22.7 Å². The Morgan fingerprint density at radius 3 is 2.78 bits per heavy atom. The molecule has 1 aromatic carbocycles. The van der Waals surface area contributed by atoms with Gasteiger partial charge in [-0.1, -0.05) is 0 Å². The fourth-order valence-electron chi connectivity index (χ4n) is 4.68. The van der Waals surface area contributed by atoms with Crippen molar-refractivity contribution in [3.05, 3.63) is 33.9 Å². The molecule has 0 amide bonds. The molecule has 0 radical (unpaired) electrons. The first-order valence-corrected chi connectivity index (χ1v) is 10.8. The van der Waals surface area contributed by atoms with Crippen LogP contribution in [0, 0.1) is 23.1 Å². The second-order valence-corrected chi connectivity index (χ2v) is 8.72. The second-order valence-electron chi connectivity index (χ2n) is 8.72. The van der Waals surface area contributed by atoms with Crippen molar-refractivity contribution in [2.45, 2.75) is 31.7 Å². The van der Waals surface area contributed by atoms with Gasteiger partial charge in [0.25, 0.3) is 0 Å². The highest BCUT2D eigenvalue weighted by molar-refractivity contribution is 5.97. The van der Waals surface area contributed by atoms with Gasteiger partial charge in [0.1, 0.15) is 11.3 Å². The zero-order valence-corrected chi connectivity index (χ0v) is 18.3. The van der Waals surface area contributed by atoms with Crippen LogP contribution >= 0.6 is 0 Å². The molecule has 2 fully saturated rings. The largest absolute Gasteiger partial charge is 0.492 e. The Morgan fingerprint density at radius 2 is 2.16 bits per heavy atom. The summed E-state index contributed by atoms with van der Waals surface area (Å²) in [6.07, 6.45) is 4.45. The summed E-state index contributed by atoms with van der Waals surface area (Å²) in [4.78, 5) is 28.5. The average Bonchev–Trinajstić information content (AvgIpc) is 3.50. The number of anilines is 1. The Labute approximate surface area is 185 Å². The van der Waals surface area contributed by atoms with E-state index in [2.05, 4.69) is 11.0 Å². The molecule has 2 heterocycles. The Kier molecular flexibility index (Phi) is 6.07. The molecule has 1 N–H and O–H groups in total. The predicted octanol–water partition coefficient (Wildman–Crippen LogP) is 2.85. The molecule has 1 atom stereocenters. The van der Waals surface area contributed by atoms with Gasteiger partial charge in [-0.25, -0.2) is 9.18 Å². The van der Waals surface area contributed by atoms with Crippen LogP contribution in [0.3, 0.4) is 0 Å². The number of carboxylic acid groups (broad SMARTS) is 1. The van der Waals surface area contributed by atoms with E-state index in [1.807, 2.05) is 11.9 Å². The molecule has 0 spiro atoms. The van der Waals surface area contributed by atoms with Gasteiger partial charge in [0.2, 0.25) is 5.43 Å². The number of aromatic nitrogens is 1. The third-order valence-electron chi connectivity index (χ3n) is 6.35. The van der Waals surface area contributed by atoms with E-state index in [0.29, 0.717) is 43.2 Å². The van der Waals surface area contributed by atoms with Gasteiger partial charge in [-0.3, -0.25) is 4.79 Å². The van der Waals surface area contributed by atoms with Gasteiger partial charge in [-0.05, 0) is 38.3 Å². The number of pyridine rings is 1. The number of nitriles is 1. The third kappa shape index (κ3) is 4.02. The maximum absolute atomic E-state index is 15.4. The number of hydrogen-bond acceptors (Lipinski definition) is 6. The van der Waals surface area contributed by atoms with Crippen LogP contribution in [0.1, 0.15) is 42.1 Å². The van der Waals surface area contributed by atoms with Crippen LogP contribution < -0.4 is 15.1 Å². The summed E-state index contributed by atoms with van der Waals surface area (Å²) in [5.74, 6) is -1.31. The highest BCUT2D eigenvalue weighted by Gasteiger charge is 2.33. The molecule has 4 rings (SSSR count). The highest BCUT2D eigenvalue weighted by atomic mass is 19.1. The molecular formula is C23H27FN4O4. The number of fused-ring (bicyclic) bond motifs is 1. The van der Waals surface area contributed by atoms with E-state index in [1.54, 1.807) is 4.57 Å². The lowest BCUT2D eigenvalue weighted by Gasteiger charge is -2.25. The van der Waals surface area contributed by atoms with Crippen molar-refractivity contribution in [3.63, 3.8) is 0 Å². The quantitative estimate of drug-likeness (QED) is 0.671. The first-order chi connectivity index (χ1) is 15.3. The Hall–Kier alpha value is -3.12. The molecule has 1 unspecified atom stereocenters. The van der Waals surface area contributed by atoms with E-state index >= 15 is 4.39 Å². The lowest BCUT2D eigenvalue weighted by Crippen LogP contribution is -2.29. The van der Waals surface area contributed by atoms with Crippen molar-refractivity contribution < 1.29 is 19.0 Å². The summed E-state index contributed by atoms with van der Waals surface area (Å²) < 4.78 is 22.8. The van der Waals surface area contributed by atoms with E-state index in [9.17, 15) is 14.7 Å². The maximum atomic E-state index is 15.4. The monoisotopic (exact) mass is 442 g/mol. The number of hydrogen-bond donors (Lipinski definition) is 1. The van der Waals surface area contributed by atoms with E-state index in [1.165, 1.54) is 13.3 Å². The number of carbonyl (C=O) groups is 1. The third-order valence-corrected chi connectivity index (χ3v) is 6.35. The van der Waals surface area contributed by atoms with Crippen LogP contribution in [-0.2, 0) is 0 Å². The zero-order chi connectivity index (χ0) is 23.0. The minimum absolute atomic E-state index is 0.0295. The summed E-state index contributed by atoms with van der Waals surface area (Å²) >= 11 is 0. The predicted molar refractivity (Wildman–Crippen MR) is 118 cm³/mol. The summed E-state index contributed by atoms with van der Waals surface area (Å²) in [6.45, 7) is 2.79. The van der Waals surface area contributed by atoms with Crippen LogP contribution in [0.15, 0.2) is 17.1 Å². The highest BCUT2D eigenvalue weighted by Crippen LogP contribution is 2.44. The van der Waals surface area contributed by atoms with Crippen molar-refractivity contribution in [3.8, 4) is 11.8 Å². The Morgan fingerprint density at radius 1 is 1.41 bits per heavy atom. The summed E-state index contributed by atoms with van der Waals surface area (Å²) in [7, 11) is 3.43. The molecule has 170 valence electrons. The van der Waals surface area contributed by atoms with Crippen molar-refractivity contribution >= 4 is 22.6 Å². The van der Waals surface area contributed by atoms with Crippen LogP contribution in [0.4, 0.5) is 10.1 Å². The zero-order valence-electron chi connectivity index (χ0n) is 18.3. The number of methoxy groups -OCH3 is 1. The minimum atomic E-state index is -1.32. The molecule has 2 aliphatic rings. The standard InChI is InChI=1S/C23H27FN4O4/c1-26(8-3-7-25)11-14-6-9-27(12-14)20-18(24)10-16-19(22(20)32-2)28(15-4-5-15)13-17(21(16)29)23(30)31/h10,13-15H,3-6,8-9,11-12H2,1-2H3,(H,30,31). The molecular weight excluding hydrogens is 415 g/mol. The second kappa shape index (κ2) is 8.79. The SMILES string of the molecule is COc1c(N2CCC(CN(C)CCC#N)C2)c(F)cc2c(=O)c(C(=O)O)cn(C3CC3)c12. The number of benzene rings is 1. The molecule has 9 heteroatoms. The molecule has 1 aliphatic heterocycles. The molecule has 32 heavy (non-hydrogen) atoms. The van der Waals surface area contributed by atoms with Crippen molar-refractivity contribution in [2.24, 2.45) is 5.92 Å². The van der Waals surface area contributed by atoms with E-state index in [4.69, 9.17) is 10.00 Å². The molecule has 0 bridgehead atoms. The van der Waals surface area contributed by atoms with Gasteiger partial charge >= 0.3 is 5.97 Å². The van der Waals surface area contributed by atoms with Crippen molar-refractivity contribution in [1.82, 2.24) is 9.47 Å². The maximum Gasteiger partial charge on any atom is 0.341 e. The average molecular weight is 442 g/mol. The van der Waals surface area contributed by atoms with Gasteiger partial charge < -0.3 is 24.2 Å². The van der Waals surface area contributed by atoms with Crippen LogP contribution in [0.2, 0.25) is 0 Å². The topological polar surface area (TPSA) is 98.8 Å². The number of aromatic carboxylic acids is 1. The molecule has 1 saturated carbocycles. The molecule has 2 aromatic rings. The lowest BCUT2D eigenvalue weighted by atomic mass is 10.1. The normalized spacial score (nSPS) is 18.3. The first-order valence-electron chi connectivity index (χ1n) is 10.8. The molecule has 1 aliphatic carbocycles. The first kappa shape index (κ1) is 22.1. The number of nitrogens with zero attached hydrogens (tertiary/aromatic N) is 4. The van der Waals surface area contributed by atoms with Crippen LogP contribution in [-0.4, -0.2) is 60.9 Å². The van der Waals surface area contributed by atoms with E-state index in [0.717, 1.165) is 31.9 Å². The van der Waals surface area contributed by atoms with Gasteiger partial charge in [0.15, 0.2) is 11.6 Å². The molecule has 1 saturated heterocycles. The Bertz CT molecular complexity index is 1150. The van der Waals surface area contributed by atoms with Gasteiger partial charge in [0.05, 0.1) is 24.1 Å². The Balaban J connectivity index is 1.75. The fourth-order valence-corrected chi connectivity index (χ4v) is 4.68. The summed E-state index contributed by atoms with van der Waals surface area (Å²) in [6, 6.07) is 3.38. The number of rotatable bonds is 8. The summed E-state index contributed by atoms with van der Waals surface area (Å²) in [5.41, 5.74) is -0.290. The minimum Gasteiger partial charge on any atom is -0.492 e. The lowest BCUT2D eigenvalue weighted by molar-refractivity contribution is 0.0695. The number of ether oxygens (including phenoxy) is 1. The fraction of sp³-hybridized carbons (Fsp3) is 0.522. The van der Waals surface area contributed by atoms with E-state index < -0.39 is 17.2 Å². The number of carboxylic acids is 1. The molecule has 8 nitrogen and oxygen atoms in total. The van der Waals surface area contributed by atoms with Gasteiger partial charge in [-0.2, -0.15) is 5.26 Å². The van der Waals surface area contributed by atoms with Crippen molar-refractivity contribution in [1.29, 1.82) is 5.26 Å². The van der Waals surface area contributed by atoms with Crippen molar-refractivity contribution in [2.75, 3.05) is 45.2 Å². The van der Waals surface area contributed by atoms with Gasteiger partial charge in [0, 0.05) is 44.8 Å². The molecule has 1 aromatic heterocycles. The van der Waals surface area contributed by atoms with Crippen LogP contribution in [0.5, 0.6) is 5.75 Å².